The van der Waals surface area contributed by atoms with E-state index in [-0.39, 0.29) is 0 Å². The van der Waals surface area contributed by atoms with Crippen LogP contribution in [0.3, 0.4) is 0 Å². The standard InChI is InChI=1S/C18H34.C17H30.4C17H32.2C16H30/c1-16(2,3)18(17(4,5)6)12-11-14-9-7-8-10-15(14)13-18;1-15(2)12-16(3,4)17(15)11-7-9-13-8-5-6-10-14(13)17;1-15(2,3)17(16(4,5)6)12-8-10-13-9-7-11-14(13)17;1-15(2,3)17(16(4,5)6)11-10-13-8-7-9-14(13)12-17;1-15(2,3)17(16(4,5)6)11-13-9-7-8-10-14(13)12-17;1-15(2,3)17(16(4,5)6)12-11-13-9-7-8-10-14(13)17;1-14(2,3)16(15(4,5)6)10-12-8-7-9-13(12)11-16;1-14(2,3)16(15(4,5)6)11-10-12-8-7-9-13(12)16/h14-15H,7-13H2,1-6H3;13-14H,5-12H2,1-4H3;4*13-14H,7-12H2,1-6H3;2*12-13H,7-11H2,1-6H3. The van der Waals surface area contributed by atoms with Crippen molar-refractivity contribution in [3.63, 3.8) is 0 Å². The Bertz CT molecular complexity index is 3480. The number of fused-ring (bicyclic) bond motifs is 9. The van der Waals surface area contributed by atoms with Crippen molar-refractivity contribution in [2.24, 2.45) is 225 Å². The van der Waals surface area contributed by atoms with E-state index in [0.29, 0.717) is 130 Å². The molecule has 16 unspecified atom stereocenters. The van der Waals surface area contributed by atoms with Gasteiger partial charge in [0.2, 0.25) is 0 Å². The van der Waals surface area contributed by atoms with Gasteiger partial charge in [-0.15, -0.1) is 0 Å². The maximum absolute atomic E-state index is 2.56. The van der Waals surface area contributed by atoms with E-state index in [9.17, 15) is 0 Å². The fourth-order valence-corrected chi connectivity index (χ4v) is 45.0. The lowest BCUT2D eigenvalue weighted by atomic mass is 9.31. The Kier molecular flexibility index (Phi) is 35.3. The maximum Gasteiger partial charge on any atom is -0.0164 e. The molecule has 0 amide bonds. The quantitative estimate of drug-likeness (QED) is 0.227. The number of hydrogen-bond acceptors (Lipinski definition) is 0. The van der Waals surface area contributed by atoms with Crippen LogP contribution >= 0.6 is 0 Å². The van der Waals surface area contributed by atoms with E-state index in [0.717, 1.165) is 94.7 Å². The molecule has 0 aromatic carbocycles. The van der Waals surface area contributed by atoms with Crippen LogP contribution < -0.4 is 0 Å². The average molecular weight is 1880 g/mol. The highest BCUT2D eigenvalue weighted by Crippen LogP contribution is 2.79. The van der Waals surface area contributed by atoms with Crippen molar-refractivity contribution in [1.29, 1.82) is 0 Å². The third kappa shape index (κ3) is 22.0. The summed E-state index contributed by atoms with van der Waals surface area (Å²) in [6, 6.07) is 0. The van der Waals surface area contributed by atoms with Crippen LogP contribution in [0.5, 0.6) is 0 Å². The minimum Gasteiger partial charge on any atom is -0.0596 e. The van der Waals surface area contributed by atoms with Gasteiger partial charge in [0.15, 0.2) is 0 Å². The van der Waals surface area contributed by atoms with Crippen LogP contribution in [0.4, 0.5) is 0 Å². The first-order valence-electron chi connectivity index (χ1n) is 61.2. The van der Waals surface area contributed by atoms with E-state index in [4.69, 9.17) is 0 Å². The van der Waals surface area contributed by atoms with Crippen molar-refractivity contribution in [3.05, 3.63) is 0 Å². The van der Waals surface area contributed by atoms with Crippen LogP contribution in [-0.2, 0) is 0 Å². The smallest absolute Gasteiger partial charge is 0.0164 e. The van der Waals surface area contributed by atoms with E-state index >= 15 is 0 Å². The minimum absolute atomic E-state index is 0.438. The zero-order chi connectivity index (χ0) is 102. The van der Waals surface area contributed by atoms with Crippen molar-refractivity contribution >= 4 is 0 Å². The molecule has 17 aliphatic rings. The summed E-state index contributed by atoms with van der Waals surface area (Å²) < 4.78 is 0. The van der Waals surface area contributed by atoms with Gasteiger partial charge in [0.1, 0.15) is 0 Å². The van der Waals surface area contributed by atoms with E-state index in [2.05, 4.69) is 318 Å². The zero-order valence-corrected chi connectivity index (χ0v) is 102. The van der Waals surface area contributed by atoms with Gasteiger partial charge >= 0.3 is 0 Å². The van der Waals surface area contributed by atoms with Crippen LogP contribution in [0, 0.1) is 225 Å². The summed E-state index contributed by atoms with van der Waals surface area (Å²) in [5, 5.41) is 0. The minimum atomic E-state index is 0.438. The largest absolute Gasteiger partial charge is 0.0596 e. The summed E-state index contributed by atoms with van der Waals surface area (Å²) in [5.41, 5.74) is 12.0. The molecular weight excluding hydrogens is 1620 g/mol. The zero-order valence-electron chi connectivity index (χ0n) is 102. The second kappa shape index (κ2) is 40.8. The normalized spacial score (nSPS) is 34.6. The molecule has 0 radical (unpaired) electrons. The number of rotatable bonds is 0. The van der Waals surface area contributed by atoms with E-state index in [1.165, 1.54) is 302 Å². The predicted molar refractivity (Wildman–Crippen MR) is 601 cm³/mol. The van der Waals surface area contributed by atoms with Crippen molar-refractivity contribution in [2.75, 3.05) is 0 Å². The Morgan fingerprint density at radius 2 is 0.319 bits per heavy atom. The molecule has 0 N–H and O–H groups in total. The first-order valence-corrected chi connectivity index (χ1v) is 61.2. The number of hydrogen-bond donors (Lipinski definition) is 0. The Morgan fingerprint density at radius 1 is 0.141 bits per heavy atom. The molecule has 16 atom stereocenters. The van der Waals surface area contributed by atoms with E-state index in [1.54, 1.807) is 12.8 Å². The van der Waals surface area contributed by atoms with Gasteiger partial charge < -0.3 is 0 Å². The second-order valence-electron chi connectivity index (χ2n) is 69.2. The highest BCUT2D eigenvalue weighted by Gasteiger charge is 2.71. The molecule has 135 heavy (non-hydrogen) atoms. The van der Waals surface area contributed by atoms with Crippen LogP contribution in [0.2, 0.25) is 0 Å². The summed E-state index contributed by atoms with van der Waals surface area (Å²) >= 11 is 0. The van der Waals surface area contributed by atoms with Crippen LogP contribution in [0.15, 0.2) is 0 Å². The first-order chi connectivity index (χ1) is 61.2. The summed E-state index contributed by atoms with van der Waals surface area (Å²) in [7, 11) is 0. The molecule has 0 aromatic rings. The summed E-state index contributed by atoms with van der Waals surface area (Å²) in [6.07, 6.45) is 73.4. The van der Waals surface area contributed by atoms with Gasteiger partial charge in [-0.05, 0) is 359 Å². The monoisotopic (exact) mass is 1870 g/mol. The van der Waals surface area contributed by atoms with Gasteiger partial charge in [0.25, 0.3) is 0 Å². The molecular formula is C135H252. The molecule has 792 valence electrons. The predicted octanol–water partition coefficient (Wildman–Crippen LogP) is 44.7. The maximum atomic E-state index is 2.56. The van der Waals surface area contributed by atoms with Gasteiger partial charge in [0, 0.05) is 0 Å². The lowest BCUT2D eigenvalue weighted by Gasteiger charge is -2.74. The second-order valence-corrected chi connectivity index (χ2v) is 69.2. The molecule has 1 spiro atoms. The first kappa shape index (κ1) is 117. The van der Waals surface area contributed by atoms with Crippen molar-refractivity contribution in [1.82, 2.24) is 0 Å². The highest BCUT2D eigenvalue weighted by molar-refractivity contribution is 5.20. The van der Waals surface area contributed by atoms with Crippen LogP contribution in [0.25, 0.3) is 0 Å². The molecule has 17 aliphatic carbocycles. The molecule has 0 heteroatoms. The van der Waals surface area contributed by atoms with Gasteiger partial charge in [-0.1, -0.05) is 498 Å². The third-order valence-electron chi connectivity index (χ3n) is 49.9. The van der Waals surface area contributed by atoms with Gasteiger partial charge in [-0.3, -0.25) is 0 Å². The topological polar surface area (TPSA) is 0 Å². The molecule has 17 fully saturated rings. The van der Waals surface area contributed by atoms with Gasteiger partial charge in [0.05, 0.1) is 0 Å². The molecule has 0 nitrogen and oxygen atoms in total. The fraction of sp³-hybridized carbons (Fsp3) is 1.00. The molecule has 0 saturated heterocycles. The lowest BCUT2D eigenvalue weighted by molar-refractivity contribution is -0.252. The fourth-order valence-electron chi connectivity index (χ4n) is 45.0. The Morgan fingerprint density at radius 3 is 0.600 bits per heavy atom. The molecule has 0 aliphatic heterocycles. The molecule has 0 aromatic heterocycles. The summed E-state index contributed by atoms with van der Waals surface area (Å²) in [6.45, 7) is 115. The van der Waals surface area contributed by atoms with Crippen molar-refractivity contribution in [2.45, 2.75) is 633 Å². The molecule has 0 bridgehead atoms. The Balaban J connectivity index is 0.000000160. The van der Waals surface area contributed by atoms with E-state index in [1.807, 2.05) is 0 Å². The summed E-state index contributed by atoms with van der Waals surface area (Å²) in [5.74, 6) is 16.7. The van der Waals surface area contributed by atoms with Crippen LogP contribution in [0.1, 0.15) is 633 Å². The molecule has 17 saturated carbocycles. The summed E-state index contributed by atoms with van der Waals surface area (Å²) in [4.78, 5) is 0. The Labute approximate surface area is 852 Å². The van der Waals surface area contributed by atoms with Crippen LogP contribution in [-0.4, -0.2) is 0 Å². The van der Waals surface area contributed by atoms with Gasteiger partial charge in [-0.25, -0.2) is 0 Å². The molecule has 17 rings (SSSR count). The highest BCUT2D eigenvalue weighted by atomic mass is 14.8. The Hall–Kier alpha value is 0. The third-order valence-corrected chi connectivity index (χ3v) is 49.9. The van der Waals surface area contributed by atoms with E-state index < -0.39 is 0 Å². The SMILES string of the molecule is CC(C)(C)C1(C(C)(C)C)CC2CCCC2C1.CC(C)(C)C1(C(C)(C)C)CC2CCCCC2C1.CC(C)(C)C1(C(C)(C)C)CCC2CCCC21.CC(C)(C)C1(C(C)(C)C)CCC2CCCC2C1.CC(C)(C)C1(C(C)(C)C)CCC2CCCCC21.CC(C)(C)C1(C(C)(C)C)CCC2CCCCC2C1.CC(C)(C)C1(C(C)(C)C)CCCC2CCCC21.CC1(C)CC(C)(C)C12CCCC1CCCCC12. The molecule has 0 heterocycles. The lowest BCUT2D eigenvalue weighted by Crippen LogP contribution is -2.66. The van der Waals surface area contributed by atoms with Crippen molar-refractivity contribution in [3.8, 4) is 0 Å². The van der Waals surface area contributed by atoms with Crippen molar-refractivity contribution < 1.29 is 0 Å². The van der Waals surface area contributed by atoms with Gasteiger partial charge in [-0.2, -0.15) is 0 Å². The average Bonchev–Trinajstić information content (AvgIpc) is 1.56.